The van der Waals surface area contributed by atoms with Crippen LogP contribution in [0.4, 0.5) is 0 Å². The van der Waals surface area contributed by atoms with Crippen molar-refractivity contribution in [2.45, 2.75) is 32.7 Å². The Morgan fingerprint density at radius 2 is 2.15 bits per heavy atom. The third kappa shape index (κ3) is 2.79. The molecule has 0 aliphatic heterocycles. The summed E-state index contributed by atoms with van der Waals surface area (Å²) in [6, 6.07) is 3.85. The SMILES string of the molecule is Cc1cccn2cc(CC(=O)NC(C)(C)C(=O)O)nc12. The van der Waals surface area contributed by atoms with Gasteiger partial charge in [0.2, 0.25) is 5.91 Å². The summed E-state index contributed by atoms with van der Waals surface area (Å²) < 4.78 is 1.85. The number of aromatic nitrogens is 2. The number of nitrogens with zero attached hydrogens (tertiary/aromatic N) is 2. The summed E-state index contributed by atoms with van der Waals surface area (Å²) in [5.41, 5.74) is 1.14. The van der Waals surface area contributed by atoms with Gasteiger partial charge >= 0.3 is 5.97 Å². The van der Waals surface area contributed by atoms with Crippen LogP contribution in [0.25, 0.3) is 5.65 Å². The average Bonchev–Trinajstić information content (AvgIpc) is 2.71. The summed E-state index contributed by atoms with van der Waals surface area (Å²) >= 11 is 0. The van der Waals surface area contributed by atoms with Crippen LogP contribution in [-0.2, 0) is 16.0 Å². The summed E-state index contributed by atoms with van der Waals surface area (Å²) in [6.45, 7) is 4.84. The van der Waals surface area contributed by atoms with Gasteiger partial charge in [0.05, 0.1) is 12.1 Å². The van der Waals surface area contributed by atoms with E-state index in [-0.39, 0.29) is 12.3 Å². The maximum Gasteiger partial charge on any atom is 0.328 e. The second-order valence-electron chi connectivity index (χ2n) is 5.31. The van der Waals surface area contributed by atoms with Crippen molar-refractivity contribution in [2.24, 2.45) is 0 Å². The largest absolute Gasteiger partial charge is 0.480 e. The number of carbonyl (C=O) groups is 2. The fourth-order valence-corrected chi connectivity index (χ4v) is 1.90. The lowest BCUT2D eigenvalue weighted by molar-refractivity contribution is -0.145. The zero-order valence-electron chi connectivity index (χ0n) is 11.7. The van der Waals surface area contributed by atoms with E-state index in [1.807, 2.05) is 29.7 Å². The maximum absolute atomic E-state index is 11.9. The van der Waals surface area contributed by atoms with Gasteiger partial charge in [0.15, 0.2) is 0 Å². The standard InChI is InChI=1S/C14H17N3O3/c1-9-5-4-6-17-8-10(15-12(9)17)7-11(18)16-14(2,3)13(19)20/h4-6,8H,7H2,1-3H3,(H,16,18)(H,19,20). The van der Waals surface area contributed by atoms with E-state index in [0.717, 1.165) is 11.2 Å². The van der Waals surface area contributed by atoms with Crippen molar-refractivity contribution >= 4 is 17.5 Å². The van der Waals surface area contributed by atoms with Gasteiger partial charge in [-0.25, -0.2) is 9.78 Å². The Kier molecular flexibility index (Phi) is 3.48. The molecule has 2 rings (SSSR count). The topological polar surface area (TPSA) is 83.7 Å². The van der Waals surface area contributed by atoms with E-state index < -0.39 is 11.5 Å². The van der Waals surface area contributed by atoms with Gasteiger partial charge in [-0.2, -0.15) is 0 Å². The quantitative estimate of drug-likeness (QED) is 0.877. The van der Waals surface area contributed by atoms with Crippen molar-refractivity contribution in [3.05, 3.63) is 35.8 Å². The van der Waals surface area contributed by atoms with Crippen molar-refractivity contribution in [3.8, 4) is 0 Å². The molecule has 2 aromatic heterocycles. The third-order valence-electron chi connectivity index (χ3n) is 3.06. The fourth-order valence-electron chi connectivity index (χ4n) is 1.90. The lowest BCUT2D eigenvalue weighted by atomic mass is 10.1. The van der Waals surface area contributed by atoms with E-state index in [0.29, 0.717) is 5.69 Å². The molecule has 20 heavy (non-hydrogen) atoms. The van der Waals surface area contributed by atoms with Crippen molar-refractivity contribution in [1.29, 1.82) is 0 Å². The molecule has 0 aliphatic carbocycles. The van der Waals surface area contributed by atoms with Crippen molar-refractivity contribution in [2.75, 3.05) is 0 Å². The van der Waals surface area contributed by atoms with E-state index in [4.69, 9.17) is 5.11 Å². The van der Waals surface area contributed by atoms with E-state index in [1.165, 1.54) is 13.8 Å². The number of hydrogen-bond acceptors (Lipinski definition) is 3. The summed E-state index contributed by atoms with van der Waals surface area (Å²) in [4.78, 5) is 27.2. The highest BCUT2D eigenvalue weighted by Gasteiger charge is 2.29. The molecule has 0 radical (unpaired) electrons. The molecule has 2 N–H and O–H groups in total. The number of amides is 1. The Morgan fingerprint density at radius 1 is 1.45 bits per heavy atom. The second kappa shape index (κ2) is 4.96. The van der Waals surface area contributed by atoms with E-state index >= 15 is 0 Å². The van der Waals surface area contributed by atoms with E-state index in [2.05, 4.69) is 10.3 Å². The summed E-state index contributed by atoms with van der Waals surface area (Å²) in [7, 11) is 0. The van der Waals surface area contributed by atoms with E-state index in [9.17, 15) is 9.59 Å². The van der Waals surface area contributed by atoms with Gasteiger partial charge in [0, 0.05) is 12.4 Å². The van der Waals surface area contributed by atoms with Gasteiger partial charge in [-0.15, -0.1) is 0 Å². The molecule has 2 aromatic rings. The van der Waals surface area contributed by atoms with Gasteiger partial charge in [-0.1, -0.05) is 6.07 Å². The number of carboxylic acid groups (broad SMARTS) is 1. The first-order chi connectivity index (χ1) is 9.29. The number of imidazole rings is 1. The normalized spacial score (nSPS) is 11.6. The van der Waals surface area contributed by atoms with Crippen LogP contribution >= 0.6 is 0 Å². The van der Waals surface area contributed by atoms with Crippen LogP contribution in [0.2, 0.25) is 0 Å². The lowest BCUT2D eigenvalue weighted by Crippen LogP contribution is -2.50. The number of rotatable bonds is 4. The molecular weight excluding hydrogens is 258 g/mol. The smallest absolute Gasteiger partial charge is 0.328 e. The minimum Gasteiger partial charge on any atom is -0.480 e. The molecule has 6 nitrogen and oxygen atoms in total. The van der Waals surface area contributed by atoms with Gasteiger partial charge in [0.1, 0.15) is 11.2 Å². The van der Waals surface area contributed by atoms with E-state index in [1.54, 1.807) is 6.20 Å². The highest BCUT2D eigenvalue weighted by atomic mass is 16.4. The molecule has 1 amide bonds. The fraction of sp³-hybridized carbons (Fsp3) is 0.357. The van der Waals surface area contributed by atoms with Gasteiger partial charge in [0.25, 0.3) is 0 Å². The maximum atomic E-state index is 11.9. The van der Waals surface area contributed by atoms with Crippen LogP contribution in [0.1, 0.15) is 25.1 Å². The minimum absolute atomic E-state index is 0.0534. The Hall–Kier alpha value is -2.37. The third-order valence-corrected chi connectivity index (χ3v) is 3.06. The van der Waals surface area contributed by atoms with Crippen LogP contribution < -0.4 is 5.32 Å². The zero-order valence-corrected chi connectivity index (χ0v) is 11.7. The number of aryl methyl sites for hydroxylation is 1. The summed E-state index contributed by atoms with van der Waals surface area (Å²) in [5.74, 6) is -1.44. The first kappa shape index (κ1) is 14.0. The molecule has 0 unspecified atom stereocenters. The molecule has 0 saturated carbocycles. The highest BCUT2D eigenvalue weighted by molar-refractivity contribution is 5.87. The molecule has 2 heterocycles. The number of carbonyl (C=O) groups excluding carboxylic acids is 1. The lowest BCUT2D eigenvalue weighted by Gasteiger charge is -2.20. The predicted molar refractivity (Wildman–Crippen MR) is 73.5 cm³/mol. The van der Waals surface area contributed by atoms with Gasteiger partial charge in [-0.05, 0) is 32.4 Å². The molecule has 0 atom stereocenters. The molecule has 0 bridgehead atoms. The number of carboxylic acids is 1. The van der Waals surface area contributed by atoms with Crippen LogP contribution in [0.3, 0.4) is 0 Å². The summed E-state index contributed by atoms with van der Waals surface area (Å²) in [6.07, 6.45) is 3.69. The molecule has 0 fully saturated rings. The number of hydrogen-bond donors (Lipinski definition) is 2. The second-order valence-corrected chi connectivity index (χ2v) is 5.31. The number of nitrogens with one attached hydrogen (secondary N) is 1. The Labute approximate surface area is 116 Å². The average molecular weight is 275 g/mol. The van der Waals surface area contributed by atoms with Crippen molar-refractivity contribution < 1.29 is 14.7 Å². The number of aliphatic carboxylic acids is 1. The molecule has 106 valence electrons. The summed E-state index contributed by atoms with van der Waals surface area (Å²) in [5, 5.41) is 11.4. The van der Waals surface area contributed by atoms with Crippen molar-refractivity contribution in [3.63, 3.8) is 0 Å². The predicted octanol–water partition coefficient (Wildman–Crippen LogP) is 1.16. The molecule has 6 heteroatoms. The first-order valence-electron chi connectivity index (χ1n) is 6.27. The highest BCUT2D eigenvalue weighted by Crippen LogP contribution is 2.11. The van der Waals surface area contributed by atoms with Gasteiger partial charge in [-0.3, -0.25) is 4.79 Å². The molecular formula is C14H17N3O3. The molecule has 0 aliphatic rings. The number of pyridine rings is 1. The van der Waals surface area contributed by atoms with Crippen LogP contribution in [-0.4, -0.2) is 31.9 Å². The minimum atomic E-state index is -1.29. The molecule has 0 spiro atoms. The Bertz CT molecular complexity index is 673. The number of fused-ring (bicyclic) bond motifs is 1. The van der Waals surface area contributed by atoms with Gasteiger partial charge < -0.3 is 14.8 Å². The van der Waals surface area contributed by atoms with Crippen LogP contribution in [0.15, 0.2) is 24.5 Å². The van der Waals surface area contributed by atoms with Crippen LogP contribution in [0, 0.1) is 6.92 Å². The monoisotopic (exact) mass is 275 g/mol. The first-order valence-corrected chi connectivity index (χ1v) is 6.27. The zero-order chi connectivity index (χ0) is 14.9. The Balaban J connectivity index is 2.14. The van der Waals surface area contributed by atoms with Crippen molar-refractivity contribution in [1.82, 2.24) is 14.7 Å². The molecule has 0 aromatic carbocycles. The Morgan fingerprint density at radius 3 is 2.75 bits per heavy atom. The van der Waals surface area contributed by atoms with Crippen LogP contribution in [0.5, 0.6) is 0 Å². The molecule has 0 saturated heterocycles.